The topological polar surface area (TPSA) is 193 Å². The molecule has 58 heavy (non-hydrogen) atoms. The number of hydrogen-bond acceptors (Lipinski definition) is 10. The van der Waals surface area contributed by atoms with Gasteiger partial charge in [-0.25, -0.2) is 19.6 Å². The summed E-state index contributed by atoms with van der Waals surface area (Å²) in [7, 11) is 2.57. The number of alkyl carbamates (subject to hydrolysis) is 2. The molecule has 16 heteroatoms. The van der Waals surface area contributed by atoms with E-state index in [-0.39, 0.29) is 35.7 Å². The molecule has 2 fully saturated rings. The van der Waals surface area contributed by atoms with Crippen molar-refractivity contribution < 1.29 is 38.1 Å². The van der Waals surface area contributed by atoms with Gasteiger partial charge in [0.05, 0.1) is 50.1 Å². The van der Waals surface area contributed by atoms with E-state index in [0.717, 1.165) is 82.0 Å². The van der Waals surface area contributed by atoms with Crippen LogP contribution < -0.4 is 20.1 Å². The van der Waals surface area contributed by atoms with Crippen molar-refractivity contribution in [3.05, 3.63) is 59.4 Å². The predicted molar refractivity (Wildman–Crippen MR) is 211 cm³/mol. The van der Waals surface area contributed by atoms with Crippen LogP contribution >= 0.6 is 0 Å². The van der Waals surface area contributed by atoms with Crippen molar-refractivity contribution in [1.29, 1.82) is 0 Å². The van der Waals surface area contributed by atoms with Gasteiger partial charge in [-0.1, -0.05) is 27.7 Å². The van der Waals surface area contributed by atoms with E-state index in [0.29, 0.717) is 38.0 Å². The average molecular weight is 795 g/mol. The summed E-state index contributed by atoms with van der Waals surface area (Å²) < 4.78 is 22.4. The van der Waals surface area contributed by atoms with Crippen LogP contribution in [0.4, 0.5) is 9.59 Å². The van der Waals surface area contributed by atoms with Crippen LogP contribution in [0, 0.1) is 11.8 Å². The Hall–Kier alpha value is -6.06. The molecule has 8 rings (SSSR count). The third-order valence-electron chi connectivity index (χ3n) is 11.7. The first kappa shape index (κ1) is 38.8. The van der Waals surface area contributed by atoms with E-state index in [1.807, 2.05) is 39.8 Å². The summed E-state index contributed by atoms with van der Waals surface area (Å²) in [4.78, 5) is 71.4. The smallest absolute Gasteiger partial charge is 0.407 e. The van der Waals surface area contributed by atoms with E-state index < -0.39 is 24.3 Å². The van der Waals surface area contributed by atoms with Gasteiger partial charge in [-0.2, -0.15) is 0 Å². The number of likely N-dealkylation sites (tertiary alicyclic amines) is 2. The molecule has 0 saturated carbocycles. The number of benzene rings is 2. The van der Waals surface area contributed by atoms with Crippen molar-refractivity contribution in [3.63, 3.8) is 0 Å². The second-order valence-corrected chi connectivity index (χ2v) is 16.1. The van der Waals surface area contributed by atoms with Crippen molar-refractivity contribution >= 4 is 24.0 Å². The van der Waals surface area contributed by atoms with Crippen molar-refractivity contribution in [1.82, 2.24) is 40.4 Å². The van der Waals surface area contributed by atoms with Crippen LogP contribution in [0.1, 0.15) is 88.2 Å². The molecule has 2 aromatic carbocycles. The number of aromatic nitrogens is 4. The number of carbonyl (C=O) groups is 4. The SMILES string of the molecule is COC(=O)N[C@H](C(=O)N1CCC[C@@H]1c1ncc(-c2cc3c4c(c2)OCc2cc(-c5cnc([C@@H]6CCCN6C(=O)[C@@H](NC(=O)OC)C(C)C)[nH]5)cc(c2-4)OC3)[nH]1)C(C)C. The first-order chi connectivity index (χ1) is 27.9. The summed E-state index contributed by atoms with van der Waals surface area (Å²) in [5.74, 6) is 2.33. The molecule has 306 valence electrons. The van der Waals surface area contributed by atoms with Crippen LogP contribution in [0.3, 0.4) is 0 Å². The van der Waals surface area contributed by atoms with Crippen molar-refractivity contribution in [2.45, 2.75) is 90.8 Å². The lowest BCUT2D eigenvalue weighted by molar-refractivity contribution is -0.136. The number of imidazole rings is 2. The molecule has 2 saturated heterocycles. The molecule has 4 aliphatic heterocycles. The number of methoxy groups -OCH3 is 2. The highest BCUT2D eigenvalue weighted by Crippen LogP contribution is 2.51. The largest absolute Gasteiger partial charge is 0.488 e. The zero-order valence-corrected chi connectivity index (χ0v) is 33.6. The number of rotatable bonds is 10. The maximum Gasteiger partial charge on any atom is 0.407 e. The predicted octanol–water partition coefficient (Wildman–Crippen LogP) is 6.01. The summed E-state index contributed by atoms with van der Waals surface area (Å²) in [6.45, 7) is 9.41. The number of aromatic amines is 2. The molecular weight excluding hydrogens is 745 g/mol. The molecule has 4 aromatic rings. The summed E-state index contributed by atoms with van der Waals surface area (Å²) >= 11 is 0. The Labute approximate surface area is 336 Å². The molecule has 0 spiro atoms. The van der Waals surface area contributed by atoms with Gasteiger partial charge in [-0.05, 0) is 61.8 Å². The van der Waals surface area contributed by atoms with Crippen LogP contribution in [0.5, 0.6) is 11.5 Å². The van der Waals surface area contributed by atoms with Gasteiger partial charge in [0.15, 0.2) is 0 Å². The zero-order valence-electron chi connectivity index (χ0n) is 33.6. The van der Waals surface area contributed by atoms with Gasteiger partial charge in [-0.3, -0.25) is 9.59 Å². The molecule has 16 nitrogen and oxygen atoms in total. The van der Waals surface area contributed by atoms with Crippen LogP contribution in [-0.2, 0) is 32.3 Å². The Bertz CT molecular complexity index is 2040. The van der Waals surface area contributed by atoms with Gasteiger partial charge in [0.1, 0.15) is 48.4 Å². The molecular formula is C42H50N8O8. The van der Waals surface area contributed by atoms with Crippen LogP contribution in [-0.4, -0.2) is 93.1 Å². The van der Waals surface area contributed by atoms with E-state index in [1.165, 1.54) is 14.2 Å². The quantitative estimate of drug-likeness (QED) is 0.148. The van der Waals surface area contributed by atoms with Crippen LogP contribution in [0.25, 0.3) is 33.6 Å². The minimum atomic E-state index is -0.712. The van der Waals surface area contributed by atoms with E-state index in [2.05, 4.69) is 32.7 Å². The number of nitrogens with one attached hydrogen (secondary N) is 4. The second kappa shape index (κ2) is 15.7. The lowest BCUT2D eigenvalue weighted by Crippen LogP contribution is -2.51. The molecule has 0 radical (unpaired) electrons. The van der Waals surface area contributed by atoms with Gasteiger partial charge in [-0.15, -0.1) is 0 Å². The van der Waals surface area contributed by atoms with Gasteiger partial charge < -0.3 is 49.3 Å². The lowest BCUT2D eigenvalue weighted by Gasteiger charge is -2.30. The fourth-order valence-electron chi connectivity index (χ4n) is 8.68. The maximum absolute atomic E-state index is 13.7. The number of hydrogen-bond donors (Lipinski definition) is 4. The molecule has 4 atom stereocenters. The summed E-state index contributed by atoms with van der Waals surface area (Å²) in [6.07, 6.45) is 5.46. The summed E-state index contributed by atoms with van der Waals surface area (Å²) in [6, 6.07) is 6.31. The maximum atomic E-state index is 13.7. The molecule has 2 aromatic heterocycles. The van der Waals surface area contributed by atoms with E-state index >= 15 is 0 Å². The first-order valence-electron chi connectivity index (χ1n) is 20.0. The molecule has 4 aliphatic rings. The number of carbonyl (C=O) groups excluding carboxylic acids is 4. The van der Waals surface area contributed by atoms with Crippen molar-refractivity contribution in [3.8, 4) is 45.1 Å². The molecule has 0 bridgehead atoms. The third kappa shape index (κ3) is 7.08. The molecule has 4 N–H and O–H groups in total. The average Bonchev–Trinajstić information content (AvgIpc) is 4.06. The van der Waals surface area contributed by atoms with E-state index in [4.69, 9.17) is 28.9 Å². The Kier molecular flexibility index (Phi) is 10.5. The van der Waals surface area contributed by atoms with Crippen LogP contribution in [0.2, 0.25) is 0 Å². The summed E-state index contributed by atoms with van der Waals surface area (Å²) in [5, 5.41) is 5.40. The van der Waals surface area contributed by atoms with Gasteiger partial charge in [0.2, 0.25) is 11.8 Å². The van der Waals surface area contributed by atoms with Gasteiger partial charge in [0, 0.05) is 46.5 Å². The molecule has 6 heterocycles. The molecule has 0 aliphatic carbocycles. The zero-order chi connectivity index (χ0) is 40.8. The first-order valence-corrected chi connectivity index (χ1v) is 20.0. The second-order valence-electron chi connectivity index (χ2n) is 16.1. The number of nitrogens with zero attached hydrogens (tertiary/aromatic N) is 4. The Balaban J connectivity index is 1.01. The summed E-state index contributed by atoms with van der Waals surface area (Å²) in [5.41, 5.74) is 7.39. The number of ether oxygens (including phenoxy) is 4. The van der Waals surface area contributed by atoms with Crippen molar-refractivity contribution in [2.75, 3.05) is 27.3 Å². The third-order valence-corrected chi connectivity index (χ3v) is 11.7. The van der Waals surface area contributed by atoms with E-state index in [9.17, 15) is 19.2 Å². The molecule has 4 amide bonds. The fraction of sp³-hybridized carbons (Fsp3) is 0.476. The normalized spacial score (nSPS) is 19.0. The lowest BCUT2D eigenvalue weighted by atomic mass is 9.87. The van der Waals surface area contributed by atoms with Crippen LogP contribution in [0.15, 0.2) is 36.7 Å². The Morgan fingerprint density at radius 1 is 0.690 bits per heavy atom. The minimum Gasteiger partial charge on any atom is -0.488 e. The number of H-pyrrole nitrogens is 2. The standard InChI is InChI=1S/C42H50N8O8/c1-21(2)35(47-41(53)55-5)39(51)49-11-7-9-29(49)37-43-17-27(45-37)23-13-25-19-58-32-16-24(14-26-20-57-31(15-23)33(25)34(26)32)28-18-44-38(46-28)30-10-8-12-50(30)40(52)36(22(3)4)48-42(54)56-6/h13-18,21-22,29-30,35-36H,7-12,19-20H2,1-6H3,(H,43,45)(H,44,46)(H,47,53)(H,48,54)/t29-,30+,35-,36-/m0/s1. The molecule has 0 unspecified atom stereocenters. The highest BCUT2D eigenvalue weighted by atomic mass is 16.5. The Morgan fingerprint density at radius 3 is 1.48 bits per heavy atom. The minimum absolute atomic E-state index is 0.125. The Morgan fingerprint density at radius 2 is 1.10 bits per heavy atom. The van der Waals surface area contributed by atoms with Gasteiger partial charge in [0.25, 0.3) is 0 Å². The highest BCUT2D eigenvalue weighted by molar-refractivity contribution is 5.89. The van der Waals surface area contributed by atoms with Gasteiger partial charge >= 0.3 is 12.2 Å². The highest BCUT2D eigenvalue weighted by Gasteiger charge is 2.39. The monoisotopic (exact) mass is 794 g/mol. The fourth-order valence-corrected chi connectivity index (χ4v) is 8.68. The van der Waals surface area contributed by atoms with E-state index in [1.54, 1.807) is 22.2 Å². The number of amides is 4. The van der Waals surface area contributed by atoms with Crippen molar-refractivity contribution in [2.24, 2.45) is 11.8 Å².